The van der Waals surface area contributed by atoms with E-state index in [1.807, 2.05) is 6.20 Å². The van der Waals surface area contributed by atoms with E-state index in [1.54, 1.807) is 0 Å². The highest BCUT2D eigenvalue weighted by Crippen LogP contribution is 2.32. The predicted molar refractivity (Wildman–Crippen MR) is 111 cm³/mol. The Kier molecular flexibility index (Phi) is 5.61. The summed E-state index contributed by atoms with van der Waals surface area (Å²) >= 11 is 0. The van der Waals surface area contributed by atoms with E-state index in [9.17, 15) is 4.79 Å². The highest BCUT2D eigenvalue weighted by atomic mass is 16.2. The third-order valence-electron chi connectivity index (χ3n) is 6.42. The first kappa shape index (κ1) is 18.3. The van der Waals surface area contributed by atoms with Crippen LogP contribution in [0.15, 0.2) is 30.5 Å². The topological polar surface area (TPSA) is 45.2 Å². The van der Waals surface area contributed by atoms with Gasteiger partial charge in [0.15, 0.2) is 0 Å². The fraction of sp³-hybridized carbons (Fsp3) is 0.565. The molecular formula is C23H31N3O. The summed E-state index contributed by atoms with van der Waals surface area (Å²) in [7, 11) is 0. The number of aryl methyl sites for hydroxylation is 1. The molecule has 0 radical (unpaired) electrons. The van der Waals surface area contributed by atoms with E-state index in [2.05, 4.69) is 46.4 Å². The molecule has 2 aliphatic rings. The number of pyridine rings is 1. The van der Waals surface area contributed by atoms with Crippen LogP contribution in [0.3, 0.4) is 0 Å². The number of amides is 1. The van der Waals surface area contributed by atoms with E-state index in [0.29, 0.717) is 11.8 Å². The van der Waals surface area contributed by atoms with Gasteiger partial charge in [-0.3, -0.25) is 9.78 Å². The number of rotatable bonds is 4. The SMILES string of the molecule is Cc1cccc2c(NC[C@H]3CC[C@H](C(=O)N4CCCCC4)CC3)ccnc12. The summed E-state index contributed by atoms with van der Waals surface area (Å²) in [6.07, 6.45) is 9.96. The van der Waals surface area contributed by atoms with Crippen LogP contribution >= 0.6 is 0 Å². The quantitative estimate of drug-likeness (QED) is 0.848. The molecule has 1 aromatic carbocycles. The summed E-state index contributed by atoms with van der Waals surface area (Å²) in [5.74, 6) is 1.35. The number of hydrogen-bond donors (Lipinski definition) is 1. The molecule has 4 rings (SSSR count). The number of nitrogens with zero attached hydrogens (tertiary/aromatic N) is 2. The van der Waals surface area contributed by atoms with Gasteiger partial charge in [-0.05, 0) is 69.4 Å². The highest BCUT2D eigenvalue weighted by molar-refractivity contribution is 5.92. The lowest BCUT2D eigenvalue weighted by Crippen LogP contribution is -2.41. The van der Waals surface area contributed by atoms with Crippen LogP contribution in [-0.4, -0.2) is 35.4 Å². The predicted octanol–water partition coefficient (Wildman–Crippen LogP) is 4.77. The van der Waals surface area contributed by atoms with Crippen LogP contribution in [0, 0.1) is 18.8 Å². The lowest BCUT2D eigenvalue weighted by Gasteiger charge is -2.34. The lowest BCUT2D eigenvalue weighted by molar-refractivity contribution is -0.137. The molecule has 0 spiro atoms. The van der Waals surface area contributed by atoms with Gasteiger partial charge in [0.2, 0.25) is 5.91 Å². The number of carbonyl (C=O) groups is 1. The van der Waals surface area contributed by atoms with Gasteiger partial charge in [0.1, 0.15) is 0 Å². The number of carbonyl (C=O) groups excluding carboxylic acids is 1. The number of likely N-dealkylation sites (tertiary alicyclic amines) is 1. The minimum absolute atomic E-state index is 0.267. The summed E-state index contributed by atoms with van der Waals surface area (Å²) in [6.45, 7) is 5.06. The maximum Gasteiger partial charge on any atom is 0.225 e. The van der Waals surface area contributed by atoms with Gasteiger partial charge in [-0.1, -0.05) is 18.2 Å². The van der Waals surface area contributed by atoms with Crippen LogP contribution < -0.4 is 5.32 Å². The van der Waals surface area contributed by atoms with Crippen LogP contribution in [0.25, 0.3) is 10.9 Å². The summed E-state index contributed by atoms with van der Waals surface area (Å²) in [6, 6.07) is 8.43. The average molecular weight is 366 g/mol. The second-order valence-corrected chi connectivity index (χ2v) is 8.31. The Bertz CT molecular complexity index is 789. The fourth-order valence-electron chi connectivity index (χ4n) is 4.72. The van der Waals surface area contributed by atoms with Gasteiger partial charge in [-0.15, -0.1) is 0 Å². The van der Waals surface area contributed by atoms with Gasteiger partial charge in [0.05, 0.1) is 5.52 Å². The number of nitrogens with one attached hydrogen (secondary N) is 1. The van der Waals surface area contributed by atoms with Crippen molar-refractivity contribution in [2.24, 2.45) is 11.8 Å². The number of aromatic nitrogens is 1. The smallest absolute Gasteiger partial charge is 0.225 e. The molecule has 1 aromatic heterocycles. The molecule has 1 aliphatic carbocycles. The highest BCUT2D eigenvalue weighted by Gasteiger charge is 2.29. The maximum atomic E-state index is 12.7. The summed E-state index contributed by atoms with van der Waals surface area (Å²) in [4.78, 5) is 19.4. The second kappa shape index (κ2) is 8.28. The van der Waals surface area contributed by atoms with Crippen LogP contribution in [0.2, 0.25) is 0 Å². The normalized spacial score (nSPS) is 23.4. The zero-order chi connectivity index (χ0) is 18.6. The first-order valence-electron chi connectivity index (χ1n) is 10.6. The average Bonchev–Trinajstić information content (AvgIpc) is 2.73. The molecule has 27 heavy (non-hydrogen) atoms. The number of anilines is 1. The van der Waals surface area contributed by atoms with Crippen molar-refractivity contribution in [1.29, 1.82) is 0 Å². The van der Waals surface area contributed by atoms with E-state index in [-0.39, 0.29) is 5.92 Å². The van der Waals surface area contributed by atoms with Crippen molar-refractivity contribution in [3.8, 4) is 0 Å². The third-order valence-corrected chi connectivity index (χ3v) is 6.42. The number of benzene rings is 1. The van der Waals surface area contributed by atoms with E-state index < -0.39 is 0 Å². The first-order valence-corrected chi connectivity index (χ1v) is 10.6. The molecule has 0 bridgehead atoms. The Labute approximate surface area is 162 Å². The van der Waals surface area contributed by atoms with Crippen molar-refractivity contribution < 1.29 is 4.79 Å². The maximum absolute atomic E-state index is 12.7. The van der Waals surface area contributed by atoms with E-state index in [0.717, 1.165) is 50.8 Å². The molecule has 1 aliphatic heterocycles. The van der Waals surface area contributed by atoms with Crippen LogP contribution in [0.1, 0.15) is 50.5 Å². The summed E-state index contributed by atoms with van der Waals surface area (Å²) in [5, 5.41) is 4.86. The minimum Gasteiger partial charge on any atom is -0.384 e. The molecule has 2 fully saturated rings. The van der Waals surface area contributed by atoms with Crippen molar-refractivity contribution in [1.82, 2.24) is 9.88 Å². The van der Waals surface area contributed by atoms with E-state index in [1.165, 1.54) is 35.9 Å². The molecule has 1 saturated carbocycles. The molecule has 1 saturated heterocycles. The van der Waals surface area contributed by atoms with Crippen molar-refractivity contribution in [2.75, 3.05) is 25.0 Å². The lowest BCUT2D eigenvalue weighted by atomic mass is 9.81. The van der Waals surface area contributed by atoms with E-state index in [4.69, 9.17) is 0 Å². The molecule has 0 unspecified atom stereocenters. The Morgan fingerprint density at radius 1 is 1.11 bits per heavy atom. The van der Waals surface area contributed by atoms with Gasteiger partial charge in [-0.25, -0.2) is 0 Å². The molecule has 4 heteroatoms. The summed E-state index contributed by atoms with van der Waals surface area (Å²) < 4.78 is 0. The molecule has 2 heterocycles. The van der Waals surface area contributed by atoms with Crippen molar-refractivity contribution in [2.45, 2.75) is 51.9 Å². The molecule has 2 aromatic rings. The number of hydrogen-bond acceptors (Lipinski definition) is 3. The largest absolute Gasteiger partial charge is 0.384 e. The van der Waals surface area contributed by atoms with Gasteiger partial charge in [0, 0.05) is 42.8 Å². The zero-order valence-corrected chi connectivity index (χ0v) is 16.4. The number of piperidine rings is 1. The minimum atomic E-state index is 0.267. The molecule has 1 amide bonds. The van der Waals surface area contributed by atoms with Crippen molar-refractivity contribution >= 4 is 22.5 Å². The van der Waals surface area contributed by atoms with Crippen LogP contribution in [0.4, 0.5) is 5.69 Å². The standard InChI is InChI=1S/C23H31N3O/c1-17-6-5-7-20-21(12-13-24-22(17)20)25-16-18-8-10-19(11-9-18)23(27)26-14-3-2-4-15-26/h5-7,12-13,18-19H,2-4,8-11,14-16H2,1H3,(H,24,25)/t18-,19-. The Morgan fingerprint density at radius 3 is 2.67 bits per heavy atom. The summed E-state index contributed by atoms with van der Waals surface area (Å²) in [5.41, 5.74) is 3.47. The molecule has 4 nitrogen and oxygen atoms in total. The van der Waals surface area contributed by atoms with Gasteiger partial charge in [0.25, 0.3) is 0 Å². The van der Waals surface area contributed by atoms with Crippen LogP contribution in [0.5, 0.6) is 0 Å². The monoisotopic (exact) mass is 365 g/mol. The van der Waals surface area contributed by atoms with Gasteiger partial charge >= 0.3 is 0 Å². The Balaban J connectivity index is 1.31. The molecule has 0 atom stereocenters. The van der Waals surface area contributed by atoms with Crippen molar-refractivity contribution in [3.63, 3.8) is 0 Å². The number of para-hydroxylation sites is 1. The zero-order valence-electron chi connectivity index (χ0n) is 16.4. The molecule has 144 valence electrons. The number of fused-ring (bicyclic) bond motifs is 1. The first-order chi connectivity index (χ1) is 13.2. The van der Waals surface area contributed by atoms with Gasteiger partial charge < -0.3 is 10.2 Å². The second-order valence-electron chi connectivity index (χ2n) is 8.31. The Morgan fingerprint density at radius 2 is 1.89 bits per heavy atom. The van der Waals surface area contributed by atoms with E-state index >= 15 is 0 Å². The molecule has 1 N–H and O–H groups in total. The molecular weight excluding hydrogens is 334 g/mol. The van der Waals surface area contributed by atoms with Gasteiger partial charge in [-0.2, -0.15) is 0 Å². The Hall–Kier alpha value is -2.10. The van der Waals surface area contributed by atoms with Crippen LogP contribution in [-0.2, 0) is 4.79 Å². The fourth-order valence-corrected chi connectivity index (χ4v) is 4.72. The third kappa shape index (κ3) is 4.10. The van der Waals surface area contributed by atoms with Crippen molar-refractivity contribution in [3.05, 3.63) is 36.0 Å².